The number of thiazole rings is 1. The van der Waals surface area contributed by atoms with Crippen LogP contribution in [0, 0.1) is 6.92 Å². The molecule has 0 saturated heterocycles. The van der Waals surface area contributed by atoms with Crippen LogP contribution in [0.5, 0.6) is 0 Å². The second kappa shape index (κ2) is 4.61. The van der Waals surface area contributed by atoms with E-state index in [1.54, 1.807) is 0 Å². The molecular formula is C13H12N4O2S. The number of ether oxygens (including phenoxy) is 1. The molecule has 0 aliphatic carbocycles. The van der Waals surface area contributed by atoms with Crippen LogP contribution in [0.15, 0.2) is 24.4 Å². The molecule has 0 amide bonds. The van der Waals surface area contributed by atoms with Crippen LogP contribution in [0.1, 0.15) is 15.9 Å². The molecule has 20 heavy (non-hydrogen) atoms. The van der Waals surface area contributed by atoms with Crippen LogP contribution in [0.3, 0.4) is 0 Å². The molecule has 7 heteroatoms. The zero-order valence-electron chi connectivity index (χ0n) is 11.0. The van der Waals surface area contributed by atoms with Gasteiger partial charge in [0.15, 0.2) is 0 Å². The number of nitrogens with zero attached hydrogens (tertiary/aromatic N) is 3. The van der Waals surface area contributed by atoms with Gasteiger partial charge in [0, 0.05) is 0 Å². The predicted molar refractivity (Wildman–Crippen MR) is 77.2 cm³/mol. The van der Waals surface area contributed by atoms with Crippen molar-refractivity contribution in [2.75, 3.05) is 12.8 Å². The predicted octanol–water partition coefficient (Wildman–Crippen LogP) is 2.16. The number of aromatic nitrogens is 3. The van der Waals surface area contributed by atoms with Gasteiger partial charge < -0.3 is 10.5 Å². The number of hydrogen-bond donors (Lipinski definition) is 1. The topological polar surface area (TPSA) is 83.0 Å². The fraction of sp³-hybridized carbons (Fsp3) is 0.154. The Balaban J connectivity index is 2.14. The van der Waals surface area contributed by atoms with Crippen molar-refractivity contribution < 1.29 is 9.53 Å². The maximum Gasteiger partial charge on any atom is 0.343 e. The number of hydrogen-bond acceptors (Lipinski definition) is 6. The molecule has 6 nitrogen and oxygen atoms in total. The van der Waals surface area contributed by atoms with E-state index >= 15 is 0 Å². The van der Waals surface area contributed by atoms with Crippen LogP contribution in [0.2, 0.25) is 0 Å². The molecule has 0 fully saturated rings. The number of esters is 1. The van der Waals surface area contributed by atoms with Crippen LogP contribution in [0.4, 0.5) is 5.82 Å². The average Bonchev–Trinajstić information content (AvgIpc) is 3.02. The van der Waals surface area contributed by atoms with Crippen LogP contribution in [-0.4, -0.2) is 27.8 Å². The van der Waals surface area contributed by atoms with E-state index in [2.05, 4.69) is 14.8 Å². The Bertz CT molecular complexity index is 806. The fourth-order valence-corrected chi connectivity index (χ4v) is 2.96. The highest BCUT2D eigenvalue weighted by Gasteiger charge is 2.18. The summed E-state index contributed by atoms with van der Waals surface area (Å²) in [4.78, 5) is 16.1. The number of nitrogen functional groups attached to an aromatic ring is 1. The van der Waals surface area contributed by atoms with E-state index < -0.39 is 5.97 Å². The summed E-state index contributed by atoms with van der Waals surface area (Å²) in [6.45, 7) is 2.00. The van der Waals surface area contributed by atoms with Crippen molar-refractivity contribution in [3.63, 3.8) is 0 Å². The Morgan fingerprint density at radius 3 is 2.95 bits per heavy atom. The van der Waals surface area contributed by atoms with Gasteiger partial charge in [-0.2, -0.15) is 9.78 Å². The third kappa shape index (κ3) is 1.83. The molecular weight excluding hydrogens is 276 g/mol. The van der Waals surface area contributed by atoms with Gasteiger partial charge in [-0.3, -0.25) is 0 Å². The van der Waals surface area contributed by atoms with E-state index in [9.17, 15) is 4.79 Å². The smallest absolute Gasteiger partial charge is 0.343 e. The summed E-state index contributed by atoms with van der Waals surface area (Å²) < 4.78 is 7.16. The number of nitrogens with two attached hydrogens (primary N) is 1. The number of fused-ring (bicyclic) bond motifs is 1. The number of aryl methyl sites for hydroxylation is 1. The van der Waals surface area contributed by atoms with Crippen LogP contribution >= 0.6 is 11.3 Å². The highest BCUT2D eigenvalue weighted by molar-refractivity contribution is 7.20. The summed E-state index contributed by atoms with van der Waals surface area (Å²) in [6, 6.07) is 5.97. The second-order valence-electron chi connectivity index (χ2n) is 4.26. The first-order valence-corrected chi connectivity index (χ1v) is 6.72. The number of para-hydroxylation sites is 1. The van der Waals surface area contributed by atoms with Gasteiger partial charge in [-0.15, -0.1) is 0 Å². The molecule has 0 aliphatic heterocycles. The van der Waals surface area contributed by atoms with Crippen LogP contribution < -0.4 is 5.73 Å². The van der Waals surface area contributed by atoms with Crippen LogP contribution in [0.25, 0.3) is 15.3 Å². The van der Waals surface area contributed by atoms with Gasteiger partial charge in [-0.25, -0.2) is 9.78 Å². The monoisotopic (exact) mass is 288 g/mol. The first-order chi connectivity index (χ1) is 9.61. The molecule has 2 heterocycles. The highest BCUT2D eigenvalue weighted by atomic mass is 32.1. The lowest BCUT2D eigenvalue weighted by molar-refractivity contribution is 0.0602. The van der Waals surface area contributed by atoms with Crippen molar-refractivity contribution in [2.24, 2.45) is 0 Å². The third-order valence-corrected chi connectivity index (χ3v) is 4.00. The minimum absolute atomic E-state index is 0.230. The summed E-state index contributed by atoms with van der Waals surface area (Å²) in [6.07, 6.45) is 1.39. The standard InChI is InChI=1S/C13H12N4O2S/c1-7-4-3-5-9-10(7)16-13(20-9)17-11(14)8(6-15-17)12(18)19-2/h3-6H,14H2,1-2H3. The van der Waals surface area contributed by atoms with Gasteiger partial charge in [0.05, 0.1) is 23.5 Å². The van der Waals surface area contributed by atoms with E-state index in [-0.39, 0.29) is 11.4 Å². The Morgan fingerprint density at radius 1 is 1.45 bits per heavy atom. The minimum atomic E-state index is -0.508. The molecule has 2 aromatic heterocycles. The maximum atomic E-state index is 11.5. The molecule has 0 radical (unpaired) electrons. The SMILES string of the molecule is COC(=O)c1cnn(-c2nc3c(C)cccc3s2)c1N. The van der Waals surface area contributed by atoms with Gasteiger partial charge in [-0.05, 0) is 18.6 Å². The Labute approximate surface area is 118 Å². The minimum Gasteiger partial charge on any atom is -0.465 e. The van der Waals surface area contributed by atoms with Crippen molar-refractivity contribution >= 4 is 33.3 Å². The van der Waals surface area contributed by atoms with Crippen molar-refractivity contribution in [3.05, 3.63) is 35.5 Å². The van der Waals surface area contributed by atoms with E-state index in [1.165, 1.54) is 29.3 Å². The second-order valence-corrected chi connectivity index (χ2v) is 5.27. The molecule has 0 spiro atoms. The summed E-state index contributed by atoms with van der Waals surface area (Å²) in [5.41, 5.74) is 8.18. The normalized spacial score (nSPS) is 10.9. The molecule has 0 saturated carbocycles. The quantitative estimate of drug-likeness (QED) is 0.731. The molecule has 3 rings (SSSR count). The van der Waals surface area contributed by atoms with Gasteiger partial charge >= 0.3 is 5.97 Å². The van der Waals surface area contributed by atoms with Gasteiger partial charge in [0.25, 0.3) is 0 Å². The Kier molecular flexibility index (Phi) is 2.90. The highest BCUT2D eigenvalue weighted by Crippen LogP contribution is 2.28. The average molecular weight is 288 g/mol. The Hall–Kier alpha value is -2.41. The van der Waals surface area contributed by atoms with Crippen molar-refractivity contribution in [2.45, 2.75) is 6.92 Å². The van der Waals surface area contributed by atoms with Gasteiger partial charge in [-0.1, -0.05) is 23.5 Å². The lowest BCUT2D eigenvalue weighted by Gasteiger charge is -1.99. The summed E-state index contributed by atoms with van der Waals surface area (Å²) in [5, 5.41) is 4.75. The summed E-state index contributed by atoms with van der Waals surface area (Å²) >= 11 is 1.47. The summed E-state index contributed by atoms with van der Waals surface area (Å²) in [5.74, 6) is -0.278. The summed E-state index contributed by atoms with van der Waals surface area (Å²) in [7, 11) is 1.31. The lowest BCUT2D eigenvalue weighted by atomic mass is 10.2. The molecule has 0 aliphatic rings. The number of carbonyl (C=O) groups is 1. The number of benzene rings is 1. The lowest BCUT2D eigenvalue weighted by Crippen LogP contribution is -2.07. The van der Waals surface area contributed by atoms with Gasteiger partial charge in [0.1, 0.15) is 11.4 Å². The first-order valence-electron chi connectivity index (χ1n) is 5.90. The maximum absolute atomic E-state index is 11.5. The number of rotatable bonds is 2. The molecule has 102 valence electrons. The van der Waals surface area contributed by atoms with E-state index in [0.717, 1.165) is 15.8 Å². The molecule has 0 bridgehead atoms. The zero-order chi connectivity index (χ0) is 14.3. The number of anilines is 1. The molecule has 3 aromatic rings. The number of carbonyl (C=O) groups excluding carboxylic acids is 1. The van der Waals surface area contributed by atoms with E-state index in [4.69, 9.17) is 5.73 Å². The largest absolute Gasteiger partial charge is 0.465 e. The fourth-order valence-electron chi connectivity index (χ4n) is 1.94. The molecule has 0 unspecified atom stereocenters. The van der Waals surface area contributed by atoms with Crippen molar-refractivity contribution in [1.29, 1.82) is 0 Å². The number of methoxy groups -OCH3 is 1. The van der Waals surface area contributed by atoms with Crippen molar-refractivity contribution in [1.82, 2.24) is 14.8 Å². The van der Waals surface area contributed by atoms with Crippen LogP contribution in [-0.2, 0) is 4.74 Å². The van der Waals surface area contributed by atoms with Crippen molar-refractivity contribution in [3.8, 4) is 5.13 Å². The first kappa shape index (κ1) is 12.6. The molecule has 1 aromatic carbocycles. The molecule has 0 atom stereocenters. The van der Waals surface area contributed by atoms with Gasteiger partial charge in [0.2, 0.25) is 5.13 Å². The van der Waals surface area contributed by atoms with E-state index in [1.807, 2.05) is 25.1 Å². The van der Waals surface area contributed by atoms with E-state index in [0.29, 0.717) is 5.13 Å². The zero-order valence-corrected chi connectivity index (χ0v) is 11.8. The molecule has 2 N–H and O–H groups in total. The Morgan fingerprint density at radius 2 is 2.25 bits per heavy atom. The third-order valence-electron chi connectivity index (χ3n) is 3.00.